The van der Waals surface area contributed by atoms with Gasteiger partial charge in [0, 0.05) is 33.5 Å². The summed E-state index contributed by atoms with van der Waals surface area (Å²) in [6.07, 6.45) is 0. The number of anilines is 6. The van der Waals surface area contributed by atoms with Gasteiger partial charge >= 0.3 is 0 Å². The van der Waals surface area contributed by atoms with E-state index in [1.54, 1.807) is 0 Å². The Morgan fingerprint density at radius 3 is 1.28 bits per heavy atom. The van der Waals surface area contributed by atoms with Gasteiger partial charge in [-0.3, -0.25) is 0 Å². The number of hydrogen-bond acceptors (Lipinski definition) is 4. The molecule has 0 fully saturated rings. The van der Waals surface area contributed by atoms with Crippen LogP contribution >= 0.6 is 0 Å². The third-order valence-electron chi connectivity index (χ3n) is 11.4. The van der Waals surface area contributed by atoms with Crippen LogP contribution in [0.25, 0.3) is 27.5 Å². The van der Waals surface area contributed by atoms with Gasteiger partial charge in [-0.2, -0.15) is 10.5 Å². The van der Waals surface area contributed by atoms with Crippen LogP contribution in [0.1, 0.15) is 69.7 Å². The molecule has 8 aromatic rings. The second-order valence-corrected chi connectivity index (χ2v) is 16.4. The van der Waals surface area contributed by atoms with Crippen LogP contribution in [0.2, 0.25) is 0 Å². The number of aromatic nitrogens is 1. The fourth-order valence-electron chi connectivity index (χ4n) is 8.01. The molecule has 1 unspecified atom stereocenters. The fourth-order valence-corrected chi connectivity index (χ4v) is 8.01. The summed E-state index contributed by atoms with van der Waals surface area (Å²) < 4.78 is 2.21. The maximum absolute atomic E-state index is 11.7. The Labute approximate surface area is 342 Å². The molecule has 7 aromatic carbocycles. The van der Waals surface area contributed by atoms with Gasteiger partial charge in [0.15, 0.2) is 0 Å². The summed E-state index contributed by atoms with van der Waals surface area (Å²) in [6.45, 7) is 13.4. The third kappa shape index (κ3) is 6.76. The van der Waals surface area contributed by atoms with Crippen molar-refractivity contribution in [2.24, 2.45) is 5.92 Å². The van der Waals surface area contributed by atoms with Crippen LogP contribution < -0.4 is 9.80 Å². The third-order valence-corrected chi connectivity index (χ3v) is 11.4. The minimum absolute atomic E-state index is 0.148. The minimum Gasteiger partial charge on any atom is -0.309 e. The van der Waals surface area contributed by atoms with Crippen molar-refractivity contribution in [3.63, 3.8) is 0 Å². The van der Waals surface area contributed by atoms with E-state index in [1.807, 2.05) is 78.9 Å². The number of rotatable bonds is 9. The Morgan fingerprint density at radius 1 is 0.500 bits per heavy atom. The van der Waals surface area contributed by atoms with E-state index in [-0.39, 0.29) is 11.3 Å². The molecule has 0 spiro atoms. The molecule has 0 radical (unpaired) electrons. The number of hydrogen-bond donors (Lipinski definition) is 0. The van der Waals surface area contributed by atoms with E-state index in [4.69, 9.17) is 0 Å². The van der Waals surface area contributed by atoms with Crippen LogP contribution in [0.3, 0.4) is 0 Å². The van der Waals surface area contributed by atoms with Crippen LogP contribution in [0.5, 0.6) is 0 Å². The van der Waals surface area contributed by atoms with Crippen LogP contribution in [0.15, 0.2) is 164 Å². The summed E-state index contributed by atoms with van der Waals surface area (Å²) in [4.78, 5) is 4.28. The number of fused-ring (bicyclic) bond motifs is 3. The summed E-state index contributed by atoms with van der Waals surface area (Å²) >= 11 is 0. The lowest BCUT2D eigenvalue weighted by molar-refractivity contribution is 0.535. The predicted octanol–water partition coefficient (Wildman–Crippen LogP) is 14.5. The van der Waals surface area contributed by atoms with E-state index >= 15 is 0 Å². The summed E-state index contributed by atoms with van der Waals surface area (Å²) in [5.41, 5.74) is 10.4. The van der Waals surface area contributed by atoms with E-state index in [9.17, 15) is 10.5 Å². The highest BCUT2D eigenvalue weighted by atomic mass is 15.2. The van der Waals surface area contributed by atoms with Crippen LogP contribution in [-0.4, -0.2) is 4.57 Å². The van der Waals surface area contributed by atoms with E-state index < -0.39 is 0 Å². The van der Waals surface area contributed by atoms with E-state index in [2.05, 4.69) is 153 Å². The SMILES string of the molecule is CC(C)C(C)c1ccc2c3ccc(C(C)(C)C)cc3n(-c3c(C#N)c(N(c4ccccc4)c4ccccc4)cc(N(c4ccccc4)c4ccccc4)c3C#N)c2c1. The molecule has 1 atom stereocenters. The van der Waals surface area contributed by atoms with Gasteiger partial charge in [0.25, 0.3) is 0 Å². The van der Waals surface area contributed by atoms with Gasteiger partial charge in [0.1, 0.15) is 23.3 Å². The van der Waals surface area contributed by atoms with E-state index in [1.165, 1.54) is 11.1 Å². The highest BCUT2D eigenvalue weighted by Crippen LogP contribution is 2.48. The van der Waals surface area contributed by atoms with Gasteiger partial charge < -0.3 is 14.4 Å². The van der Waals surface area contributed by atoms with Crippen LogP contribution in [0, 0.1) is 28.6 Å². The van der Waals surface area contributed by atoms with Crippen molar-refractivity contribution < 1.29 is 0 Å². The molecule has 8 rings (SSSR count). The molecule has 0 amide bonds. The molecule has 0 saturated carbocycles. The highest BCUT2D eigenvalue weighted by molar-refractivity contribution is 6.11. The molecule has 284 valence electrons. The quantitative estimate of drug-likeness (QED) is 0.147. The van der Waals surface area contributed by atoms with Gasteiger partial charge in [-0.1, -0.05) is 139 Å². The monoisotopic (exact) mass is 753 g/mol. The Morgan fingerprint density at radius 2 is 0.897 bits per heavy atom. The molecule has 5 nitrogen and oxygen atoms in total. The van der Waals surface area contributed by atoms with Crippen molar-refractivity contribution >= 4 is 55.9 Å². The maximum atomic E-state index is 11.7. The number of nitrogens with zero attached hydrogens (tertiary/aromatic N) is 5. The molecule has 0 aliphatic rings. The van der Waals surface area contributed by atoms with Crippen molar-refractivity contribution in [2.45, 2.75) is 52.9 Å². The minimum atomic E-state index is -0.148. The summed E-state index contributed by atoms with van der Waals surface area (Å²) in [7, 11) is 0. The highest BCUT2D eigenvalue weighted by Gasteiger charge is 2.31. The Hall–Kier alpha value is -7.08. The van der Waals surface area contributed by atoms with Crippen molar-refractivity contribution in [2.75, 3.05) is 9.80 Å². The first kappa shape index (κ1) is 37.8. The summed E-state index contributed by atoms with van der Waals surface area (Å²) in [5.74, 6) is 0.699. The molecular formula is C53H47N5. The molecule has 1 heterocycles. The Bertz CT molecular complexity index is 2620. The van der Waals surface area contributed by atoms with Gasteiger partial charge in [-0.05, 0) is 95.1 Å². The average molecular weight is 754 g/mol. The second-order valence-electron chi connectivity index (χ2n) is 16.4. The normalized spacial score (nSPS) is 12.0. The molecule has 0 saturated heterocycles. The first-order chi connectivity index (χ1) is 28.1. The topological polar surface area (TPSA) is 59.0 Å². The average Bonchev–Trinajstić information content (AvgIpc) is 3.57. The van der Waals surface area contributed by atoms with E-state index in [0.717, 1.165) is 44.6 Å². The molecule has 0 aliphatic carbocycles. The van der Waals surface area contributed by atoms with Crippen molar-refractivity contribution in [3.05, 3.63) is 186 Å². The lowest BCUT2D eigenvalue weighted by Gasteiger charge is -2.32. The predicted molar refractivity (Wildman–Crippen MR) is 242 cm³/mol. The van der Waals surface area contributed by atoms with Crippen LogP contribution in [-0.2, 0) is 5.41 Å². The summed E-state index contributed by atoms with van der Waals surface area (Å²) in [5, 5.41) is 25.4. The summed E-state index contributed by atoms with van der Waals surface area (Å²) in [6, 6.07) is 61.5. The molecule has 58 heavy (non-hydrogen) atoms. The first-order valence-corrected chi connectivity index (χ1v) is 20.0. The molecule has 0 N–H and O–H groups in total. The molecule has 5 heteroatoms. The van der Waals surface area contributed by atoms with E-state index in [0.29, 0.717) is 34.1 Å². The zero-order chi connectivity index (χ0) is 40.6. The van der Waals surface area contributed by atoms with Gasteiger partial charge in [0.05, 0.1) is 28.1 Å². The zero-order valence-corrected chi connectivity index (χ0v) is 34.0. The fraction of sp³-hybridized carbons (Fsp3) is 0.170. The smallest absolute Gasteiger partial charge is 0.104 e. The lowest BCUT2D eigenvalue weighted by Crippen LogP contribution is -2.18. The molecular weight excluding hydrogens is 707 g/mol. The first-order valence-electron chi connectivity index (χ1n) is 20.0. The van der Waals surface area contributed by atoms with Crippen molar-refractivity contribution in [3.8, 4) is 17.8 Å². The number of para-hydroxylation sites is 4. The Kier molecular flexibility index (Phi) is 10.1. The Balaban J connectivity index is 1.61. The lowest BCUT2D eigenvalue weighted by atomic mass is 9.86. The molecule has 0 aliphatic heterocycles. The number of benzene rings is 7. The van der Waals surface area contributed by atoms with Gasteiger partial charge in [-0.15, -0.1) is 0 Å². The molecule has 0 bridgehead atoms. The maximum Gasteiger partial charge on any atom is 0.104 e. The standard InChI is InChI=1S/C53H47N5/c1-36(2)37(3)38-27-29-44-45-30-28-39(53(4,5)6)32-49(45)58(48(44)31-38)52-46(34-54)50(56(40-19-11-7-12-20-40)41-21-13-8-14-22-41)33-51(47(52)35-55)57(42-23-15-9-16-24-42)43-25-17-10-18-26-43/h7-33,36-37H,1-6H3. The van der Waals surface area contributed by atoms with Gasteiger partial charge in [0.2, 0.25) is 0 Å². The van der Waals surface area contributed by atoms with Crippen molar-refractivity contribution in [1.29, 1.82) is 10.5 Å². The van der Waals surface area contributed by atoms with Crippen LogP contribution in [0.4, 0.5) is 34.1 Å². The molecule has 1 aromatic heterocycles. The number of nitriles is 2. The van der Waals surface area contributed by atoms with Crippen molar-refractivity contribution in [1.82, 2.24) is 4.57 Å². The zero-order valence-electron chi connectivity index (χ0n) is 34.0. The second kappa shape index (κ2) is 15.5. The van der Waals surface area contributed by atoms with Gasteiger partial charge in [-0.25, -0.2) is 0 Å². The largest absolute Gasteiger partial charge is 0.309 e.